The molecule has 7 aliphatic rings. The van der Waals surface area contributed by atoms with Gasteiger partial charge in [-0.05, 0) is 125 Å². The van der Waals surface area contributed by atoms with Gasteiger partial charge >= 0.3 is 0 Å². The number of allylic oxidation sites excluding steroid dienone is 11. The van der Waals surface area contributed by atoms with Crippen molar-refractivity contribution in [3.63, 3.8) is 0 Å². The van der Waals surface area contributed by atoms with Crippen LogP contribution in [0.1, 0.15) is 79.0 Å². The molecule has 1 aromatic heterocycles. The first kappa shape index (κ1) is 37.2. The lowest BCUT2D eigenvalue weighted by Crippen LogP contribution is -2.40. The van der Waals surface area contributed by atoms with E-state index < -0.39 is 0 Å². The number of nitrogens with zero attached hydrogens (tertiary/aromatic N) is 2. The maximum atomic E-state index is 6.91. The zero-order chi connectivity index (χ0) is 41.0. The number of H-pyrrole nitrogens is 1. The predicted molar refractivity (Wildman–Crippen MR) is 257 cm³/mol. The quantitative estimate of drug-likeness (QED) is 0.161. The second-order valence-electron chi connectivity index (χ2n) is 17.8. The number of aromatic nitrogens is 1. The molecule has 304 valence electrons. The Balaban J connectivity index is 0.993. The highest BCUT2D eigenvalue weighted by Gasteiger charge is 2.46. The van der Waals surface area contributed by atoms with Crippen molar-refractivity contribution in [3.8, 4) is 22.3 Å². The van der Waals surface area contributed by atoms with Crippen molar-refractivity contribution in [2.45, 2.75) is 63.3 Å². The molecule has 5 aromatic rings. The fourth-order valence-electron chi connectivity index (χ4n) is 10.7. The monoisotopic (exact) mass is 806 g/mol. The van der Waals surface area contributed by atoms with E-state index in [9.17, 15) is 0 Å². The normalized spacial score (nSPS) is 25.8. The summed E-state index contributed by atoms with van der Waals surface area (Å²) in [6.07, 6.45) is 37.2. The van der Waals surface area contributed by atoms with Gasteiger partial charge in [-0.1, -0.05) is 140 Å². The van der Waals surface area contributed by atoms with Gasteiger partial charge in [-0.3, -0.25) is 0 Å². The number of ether oxygens (including phenoxy) is 1. The number of amidine groups is 2. The molecular formula is C57H50N4O. The number of hydrogen-bond donors (Lipinski definition) is 2. The molecule has 0 bridgehead atoms. The fraction of sp³-hybridized carbons (Fsp3) is 0.228. The zero-order valence-corrected chi connectivity index (χ0v) is 34.9. The van der Waals surface area contributed by atoms with Crippen molar-refractivity contribution in [3.05, 3.63) is 197 Å². The molecule has 0 amide bonds. The fourth-order valence-corrected chi connectivity index (χ4v) is 10.7. The Hall–Kier alpha value is -6.56. The number of aromatic amines is 1. The van der Waals surface area contributed by atoms with Crippen molar-refractivity contribution >= 4 is 39.8 Å². The number of aliphatic imine (C=N–C) groups is 2. The highest BCUT2D eigenvalue weighted by Crippen LogP contribution is 2.51. The Morgan fingerprint density at radius 1 is 0.629 bits per heavy atom. The number of nitrogens with one attached hydrogen (secondary N) is 2. The molecule has 5 nitrogen and oxygen atoms in total. The standard InChI is InChI=1S/C57H50N4O/c1-5-15-36(16-6-1)42-31-43(37-17-7-2-8-18-37)33-44(32-42)40-25-27-45(50(34-40)57-60-55(38-19-9-3-10-20-38)59-56(61-57)39-21-11-4-12-22-39)41-26-30-52-49(35-41)48-29-28-47-46-23-13-14-24-51(46)58-53(47)54(48)62-52/h1,3-7,9,11,13-19,23-35,39,48-49,52,54,56,58H,2,8,10,12,20-22H2,(H,59,60,61). The molecule has 62 heavy (non-hydrogen) atoms. The Labute approximate surface area is 364 Å². The van der Waals surface area contributed by atoms with E-state index in [-0.39, 0.29) is 30.2 Å². The predicted octanol–water partition coefficient (Wildman–Crippen LogP) is 13.3. The maximum absolute atomic E-state index is 6.91. The summed E-state index contributed by atoms with van der Waals surface area (Å²) in [6, 6.07) is 33.5. The molecule has 1 saturated heterocycles. The summed E-state index contributed by atoms with van der Waals surface area (Å²) >= 11 is 0. The van der Waals surface area contributed by atoms with Crippen molar-refractivity contribution < 1.29 is 4.74 Å². The summed E-state index contributed by atoms with van der Waals surface area (Å²) in [5.41, 5.74) is 15.6. The van der Waals surface area contributed by atoms with E-state index in [0.29, 0.717) is 5.92 Å². The Morgan fingerprint density at radius 2 is 1.50 bits per heavy atom. The van der Waals surface area contributed by atoms with Gasteiger partial charge in [0.15, 0.2) is 0 Å². The average Bonchev–Trinajstić information content (AvgIpc) is 3.93. The summed E-state index contributed by atoms with van der Waals surface area (Å²) in [4.78, 5) is 14.7. The molecule has 5 heteroatoms. The molecule has 0 radical (unpaired) electrons. The second-order valence-corrected chi connectivity index (χ2v) is 17.8. The van der Waals surface area contributed by atoms with E-state index >= 15 is 0 Å². The summed E-state index contributed by atoms with van der Waals surface area (Å²) in [7, 11) is 0. The van der Waals surface area contributed by atoms with Gasteiger partial charge in [0.25, 0.3) is 0 Å². The summed E-state index contributed by atoms with van der Waals surface area (Å²) < 4.78 is 6.91. The van der Waals surface area contributed by atoms with Crippen molar-refractivity contribution in [2.75, 3.05) is 0 Å². The number of hydrogen-bond acceptors (Lipinski definition) is 4. The van der Waals surface area contributed by atoms with Gasteiger partial charge < -0.3 is 15.0 Å². The van der Waals surface area contributed by atoms with Crippen LogP contribution in [-0.4, -0.2) is 28.9 Å². The van der Waals surface area contributed by atoms with Crippen molar-refractivity contribution in [2.24, 2.45) is 27.7 Å². The Kier molecular flexibility index (Phi) is 9.44. The van der Waals surface area contributed by atoms with Gasteiger partial charge in [0.2, 0.25) is 0 Å². The van der Waals surface area contributed by atoms with E-state index in [4.69, 9.17) is 14.7 Å². The number of fused-ring (bicyclic) bond motifs is 7. The Bertz CT molecular complexity index is 2930. The molecule has 3 heterocycles. The summed E-state index contributed by atoms with van der Waals surface area (Å²) in [5, 5.41) is 5.11. The molecule has 2 N–H and O–H groups in total. The van der Waals surface area contributed by atoms with Crippen LogP contribution in [-0.2, 0) is 4.74 Å². The van der Waals surface area contributed by atoms with Crippen LogP contribution in [0, 0.1) is 17.8 Å². The van der Waals surface area contributed by atoms with Crippen LogP contribution in [0.25, 0.3) is 50.4 Å². The molecule has 6 unspecified atom stereocenters. The maximum Gasteiger partial charge on any atom is 0.147 e. The van der Waals surface area contributed by atoms with Gasteiger partial charge in [0, 0.05) is 39.8 Å². The number of rotatable bonds is 7. The molecule has 4 aromatic carbocycles. The minimum Gasteiger partial charge on any atom is -0.363 e. The molecule has 0 spiro atoms. The molecule has 5 aliphatic carbocycles. The van der Waals surface area contributed by atoms with Crippen LogP contribution >= 0.6 is 0 Å². The van der Waals surface area contributed by atoms with Crippen LogP contribution in [0.3, 0.4) is 0 Å². The van der Waals surface area contributed by atoms with Gasteiger partial charge in [0.1, 0.15) is 23.9 Å². The van der Waals surface area contributed by atoms with Crippen LogP contribution < -0.4 is 5.32 Å². The van der Waals surface area contributed by atoms with Crippen LogP contribution in [0.4, 0.5) is 0 Å². The van der Waals surface area contributed by atoms with Crippen LogP contribution in [0.5, 0.6) is 0 Å². The third-order valence-corrected chi connectivity index (χ3v) is 14.0. The average molecular weight is 807 g/mol. The lowest BCUT2D eigenvalue weighted by atomic mass is 9.78. The zero-order valence-electron chi connectivity index (χ0n) is 34.9. The first-order valence-electron chi connectivity index (χ1n) is 22.7. The molecule has 1 fully saturated rings. The highest BCUT2D eigenvalue weighted by molar-refractivity contribution is 6.17. The van der Waals surface area contributed by atoms with E-state index in [1.165, 1.54) is 61.2 Å². The highest BCUT2D eigenvalue weighted by atomic mass is 16.5. The lowest BCUT2D eigenvalue weighted by Gasteiger charge is -2.30. The van der Waals surface area contributed by atoms with Crippen LogP contribution in [0.15, 0.2) is 179 Å². The smallest absolute Gasteiger partial charge is 0.147 e. The minimum absolute atomic E-state index is 0.000290. The number of benzene rings is 4. The molecule has 12 rings (SSSR count). The van der Waals surface area contributed by atoms with Gasteiger partial charge in [0.05, 0.1) is 11.8 Å². The third-order valence-electron chi connectivity index (χ3n) is 14.0. The molecule has 6 atom stereocenters. The SMILES string of the molecule is C1=CCCC(C2=NC(C3CC=CCC3)N=C(c3cc(-c4cc(C5=CCCC=C5)cc(-c5ccccc5)c4)ccc3C3=CC4C(C=C3)OC3c5[nH]c6ccccc6c5C=CC34)N2)=C1. The summed E-state index contributed by atoms with van der Waals surface area (Å²) in [6.45, 7) is 0. The minimum atomic E-state index is -0.158. The first-order valence-corrected chi connectivity index (χ1v) is 22.7. The molecule has 2 aliphatic heterocycles. The second kappa shape index (κ2) is 15.7. The van der Waals surface area contributed by atoms with Gasteiger partial charge in [-0.2, -0.15) is 0 Å². The van der Waals surface area contributed by atoms with E-state index in [2.05, 4.69) is 180 Å². The van der Waals surface area contributed by atoms with Gasteiger partial charge in [-0.15, -0.1) is 0 Å². The van der Waals surface area contributed by atoms with Crippen molar-refractivity contribution in [1.29, 1.82) is 0 Å². The Morgan fingerprint density at radius 3 is 2.35 bits per heavy atom. The van der Waals surface area contributed by atoms with Crippen molar-refractivity contribution in [1.82, 2.24) is 10.3 Å². The topological polar surface area (TPSA) is 61.8 Å². The first-order chi connectivity index (χ1) is 30.7. The summed E-state index contributed by atoms with van der Waals surface area (Å²) in [5.74, 6) is 2.64. The molecular weight excluding hydrogens is 757 g/mol. The third kappa shape index (κ3) is 6.76. The lowest BCUT2D eigenvalue weighted by molar-refractivity contribution is 0.0564. The van der Waals surface area contributed by atoms with E-state index in [1.807, 2.05) is 0 Å². The largest absolute Gasteiger partial charge is 0.363 e. The van der Waals surface area contributed by atoms with E-state index in [1.54, 1.807) is 0 Å². The van der Waals surface area contributed by atoms with Crippen LogP contribution in [0.2, 0.25) is 0 Å². The van der Waals surface area contributed by atoms with E-state index in [0.717, 1.165) is 73.3 Å². The van der Waals surface area contributed by atoms with Gasteiger partial charge in [-0.25, -0.2) is 9.98 Å². The number of para-hydroxylation sites is 1. The molecule has 0 saturated carbocycles.